The minimum atomic E-state index is -0.863. The summed E-state index contributed by atoms with van der Waals surface area (Å²) in [6.45, 7) is 12.2. The van der Waals surface area contributed by atoms with Gasteiger partial charge >= 0.3 is 0 Å². The molecule has 45 heavy (non-hydrogen) atoms. The minimum absolute atomic E-state index is 0.315. The Morgan fingerprint density at radius 1 is 0.711 bits per heavy atom. The van der Waals surface area contributed by atoms with Gasteiger partial charge in [-0.15, -0.1) is 0 Å². The molecule has 1 atom stereocenters. The molecule has 0 radical (unpaired) electrons. The fourth-order valence-corrected chi connectivity index (χ4v) is 7.35. The predicted octanol–water partition coefficient (Wildman–Crippen LogP) is 10.7. The number of methoxy groups -OCH3 is 1. The van der Waals surface area contributed by atoms with Gasteiger partial charge in [0.2, 0.25) is 0 Å². The molecule has 0 spiro atoms. The Kier molecular flexibility index (Phi) is 5.98. The summed E-state index contributed by atoms with van der Waals surface area (Å²) in [7, 11) is 1.69. The van der Waals surface area contributed by atoms with Gasteiger partial charge < -0.3 is 9.47 Å². The largest absolute Gasteiger partial charge is 0.497 e. The lowest BCUT2D eigenvalue weighted by Gasteiger charge is -2.38. The van der Waals surface area contributed by atoms with E-state index in [0.717, 1.165) is 44.5 Å². The SMILES string of the molecule is [C-]#[N+]c1ccc2c(c1)C(C)(C)c1c3c(c4ccccc4c1-2)OC(c1ccc(OC)cc1)(c1ccc(-c2ccccc2)cc1)C=C3. The maximum absolute atomic E-state index is 7.66. The second kappa shape index (κ2) is 9.97. The first-order valence-electron chi connectivity index (χ1n) is 15.2. The monoisotopic (exact) mass is 581 g/mol. The van der Waals surface area contributed by atoms with Gasteiger partial charge in [0.15, 0.2) is 11.3 Å². The summed E-state index contributed by atoms with van der Waals surface area (Å²) in [6.07, 6.45) is 4.48. The van der Waals surface area contributed by atoms with E-state index in [4.69, 9.17) is 16.0 Å². The van der Waals surface area contributed by atoms with Gasteiger partial charge in [-0.3, -0.25) is 0 Å². The topological polar surface area (TPSA) is 22.8 Å². The van der Waals surface area contributed by atoms with Crippen LogP contribution >= 0.6 is 0 Å². The van der Waals surface area contributed by atoms with E-state index in [1.54, 1.807) is 7.11 Å². The van der Waals surface area contributed by atoms with E-state index < -0.39 is 5.60 Å². The summed E-state index contributed by atoms with van der Waals surface area (Å²) in [5.41, 5.74) is 9.84. The van der Waals surface area contributed by atoms with Crippen molar-refractivity contribution in [3.8, 4) is 33.8 Å². The van der Waals surface area contributed by atoms with Gasteiger partial charge in [-0.25, -0.2) is 4.85 Å². The van der Waals surface area contributed by atoms with Crippen LogP contribution in [0.1, 0.15) is 41.7 Å². The summed E-state index contributed by atoms with van der Waals surface area (Å²) >= 11 is 0. The Balaban J connectivity index is 1.37. The van der Waals surface area contributed by atoms with E-state index in [2.05, 4.69) is 128 Å². The molecular weight excluding hydrogens is 550 g/mol. The minimum Gasteiger partial charge on any atom is -0.497 e. The molecule has 0 saturated heterocycles. The van der Waals surface area contributed by atoms with Crippen LogP contribution in [0.5, 0.6) is 11.5 Å². The average Bonchev–Trinajstić information content (AvgIpc) is 3.34. The zero-order valence-corrected chi connectivity index (χ0v) is 25.5. The van der Waals surface area contributed by atoms with Crippen molar-refractivity contribution in [1.29, 1.82) is 0 Å². The van der Waals surface area contributed by atoms with Crippen molar-refractivity contribution >= 4 is 22.5 Å². The van der Waals surface area contributed by atoms with E-state index in [9.17, 15) is 0 Å². The first-order chi connectivity index (χ1) is 21.9. The Morgan fingerprint density at radius 2 is 1.36 bits per heavy atom. The van der Waals surface area contributed by atoms with Gasteiger partial charge in [0.1, 0.15) is 11.5 Å². The van der Waals surface area contributed by atoms with Gasteiger partial charge in [0, 0.05) is 27.5 Å². The molecule has 0 bridgehead atoms. The molecule has 0 amide bonds. The fraction of sp³-hybridized carbons (Fsp3) is 0.119. The third-order valence-electron chi connectivity index (χ3n) is 9.59. The third kappa shape index (κ3) is 3.96. The molecule has 0 N–H and O–H groups in total. The van der Waals surface area contributed by atoms with Crippen LogP contribution in [0.2, 0.25) is 0 Å². The van der Waals surface area contributed by atoms with Crippen LogP contribution in [0.4, 0.5) is 5.69 Å². The highest BCUT2D eigenvalue weighted by Crippen LogP contribution is 2.58. The number of ether oxygens (including phenoxy) is 2. The average molecular weight is 582 g/mol. The highest BCUT2D eigenvalue weighted by atomic mass is 16.5. The van der Waals surface area contributed by atoms with Crippen molar-refractivity contribution in [2.75, 3.05) is 7.11 Å². The molecule has 6 aromatic carbocycles. The Morgan fingerprint density at radius 3 is 2.04 bits per heavy atom. The second-order valence-corrected chi connectivity index (χ2v) is 12.3. The van der Waals surface area contributed by atoms with Gasteiger partial charge in [-0.1, -0.05) is 129 Å². The lowest BCUT2D eigenvalue weighted by atomic mass is 9.76. The standard InChI is InChI=1S/C42H31NO2/c1-41(2)37-26-31(43-3)20-23-35(37)38-33-12-8-9-13-34(33)40-36(39(38)41)24-25-42(45-40,30-18-21-32(44-4)22-19-30)29-16-14-28(15-17-29)27-10-6-5-7-11-27/h5-26H,1-2,4H3. The van der Waals surface area contributed by atoms with Crippen LogP contribution in [0.25, 0.3) is 43.9 Å². The molecule has 1 aliphatic heterocycles. The summed E-state index contributed by atoms with van der Waals surface area (Å²) in [5, 5.41) is 2.24. The molecular formula is C42H31NO2. The van der Waals surface area contributed by atoms with Crippen LogP contribution in [0, 0.1) is 6.57 Å². The van der Waals surface area contributed by atoms with Crippen molar-refractivity contribution in [3.05, 3.63) is 167 Å². The van der Waals surface area contributed by atoms with E-state index >= 15 is 0 Å². The van der Waals surface area contributed by atoms with Gasteiger partial charge in [-0.2, -0.15) is 0 Å². The number of fused-ring (bicyclic) bond motifs is 8. The number of hydrogen-bond donors (Lipinski definition) is 0. The van der Waals surface area contributed by atoms with E-state index in [1.165, 1.54) is 27.8 Å². The molecule has 1 aliphatic carbocycles. The molecule has 1 heterocycles. The van der Waals surface area contributed by atoms with E-state index in [-0.39, 0.29) is 5.41 Å². The summed E-state index contributed by atoms with van der Waals surface area (Å²) in [6, 6.07) is 42.0. The molecule has 0 aromatic heterocycles. The first-order valence-corrected chi connectivity index (χ1v) is 15.2. The number of nitrogens with zero attached hydrogens (tertiary/aromatic N) is 1. The highest BCUT2D eigenvalue weighted by Gasteiger charge is 2.44. The normalized spacial score (nSPS) is 17.1. The molecule has 3 nitrogen and oxygen atoms in total. The summed E-state index contributed by atoms with van der Waals surface area (Å²) < 4.78 is 12.9. The zero-order valence-electron chi connectivity index (χ0n) is 25.5. The quantitative estimate of drug-likeness (QED) is 0.193. The number of hydrogen-bond acceptors (Lipinski definition) is 2. The molecule has 3 heteroatoms. The molecule has 8 rings (SSSR count). The van der Waals surface area contributed by atoms with Crippen LogP contribution in [0.3, 0.4) is 0 Å². The summed E-state index contributed by atoms with van der Waals surface area (Å²) in [5.74, 6) is 1.68. The third-order valence-corrected chi connectivity index (χ3v) is 9.59. The molecule has 216 valence electrons. The lowest BCUT2D eigenvalue weighted by Crippen LogP contribution is -2.35. The Hall–Kier alpha value is -5.59. The van der Waals surface area contributed by atoms with Gasteiger partial charge in [0.05, 0.1) is 13.7 Å². The molecule has 6 aromatic rings. The number of rotatable bonds is 4. The Labute approximate surface area is 263 Å². The second-order valence-electron chi connectivity index (χ2n) is 12.3. The van der Waals surface area contributed by atoms with Crippen molar-refractivity contribution in [1.82, 2.24) is 0 Å². The van der Waals surface area contributed by atoms with E-state index in [0.29, 0.717) is 5.69 Å². The van der Waals surface area contributed by atoms with Gasteiger partial charge in [-0.05, 0) is 57.0 Å². The highest BCUT2D eigenvalue weighted by molar-refractivity contribution is 6.08. The molecule has 1 unspecified atom stereocenters. The van der Waals surface area contributed by atoms with Crippen LogP contribution in [0.15, 0.2) is 127 Å². The number of benzene rings is 6. The van der Waals surface area contributed by atoms with Crippen molar-refractivity contribution < 1.29 is 9.47 Å². The first kappa shape index (κ1) is 27.0. The maximum Gasteiger partial charge on any atom is 0.187 e. The molecule has 0 fully saturated rings. The van der Waals surface area contributed by atoms with Crippen molar-refractivity contribution in [3.63, 3.8) is 0 Å². The van der Waals surface area contributed by atoms with Gasteiger partial charge in [0.25, 0.3) is 0 Å². The van der Waals surface area contributed by atoms with Crippen molar-refractivity contribution in [2.45, 2.75) is 24.9 Å². The molecule has 2 aliphatic rings. The fourth-order valence-electron chi connectivity index (χ4n) is 7.35. The lowest BCUT2D eigenvalue weighted by molar-refractivity contribution is 0.163. The predicted molar refractivity (Wildman–Crippen MR) is 183 cm³/mol. The van der Waals surface area contributed by atoms with Crippen molar-refractivity contribution in [2.24, 2.45) is 0 Å². The Bertz CT molecular complexity index is 2190. The van der Waals surface area contributed by atoms with E-state index in [1.807, 2.05) is 24.3 Å². The maximum atomic E-state index is 7.66. The van der Waals surface area contributed by atoms with Crippen LogP contribution in [-0.2, 0) is 11.0 Å². The zero-order chi connectivity index (χ0) is 30.8. The summed E-state index contributed by atoms with van der Waals surface area (Å²) in [4.78, 5) is 3.75. The van der Waals surface area contributed by atoms with Crippen LogP contribution < -0.4 is 9.47 Å². The smallest absolute Gasteiger partial charge is 0.187 e. The molecule has 0 saturated carbocycles. The van der Waals surface area contributed by atoms with Crippen LogP contribution in [-0.4, -0.2) is 7.11 Å².